The van der Waals surface area contributed by atoms with Crippen molar-refractivity contribution < 1.29 is 14.3 Å². The van der Waals surface area contributed by atoms with Crippen LogP contribution in [-0.2, 0) is 26.2 Å². The number of halogens is 1. The van der Waals surface area contributed by atoms with E-state index in [0.29, 0.717) is 49.7 Å². The molecule has 0 radical (unpaired) electrons. The molecule has 0 N–H and O–H groups in total. The molecule has 2 aliphatic rings. The molecule has 33 heavy (non-hydrogen) atoms. The lowest BCUT2D eigenvalue weighted by Gasteiger charge is -2.31. The van der Waals surface area contributed by atoms with Crippen LogP contribution in [-0.4, -0.2) is 50.9 Å². The van der Waals surface area contributed by atoms with Crippen molar-refractivity contribution in [1.82, 2.24) is 18.9 Å². The summed E-state index contributed by atoms with van der Waals surface area (Å²) in [7, 11) is 1.61. The first-order valence-electron chi connectivity index (χ1n) is 10.8. The highest BCUT2D eigenvalue weighted by Gasteiger charge is 2.35. The van der Waals surface area contributed by atoms with E-state index in [0.717, 1.165) is 15.8 Å². The van der Waals surface area contributed by atoms with Gasteiger partial charge in [0.15, 0.2) is 0 Å². The lowest BCUT2D eigenvalue weighted by atomic mass is 10.1. The number of benzene rings is 2. The number of hydrogen-bond donors (Lipinski definition) is 0. The Hall–Kier alpha value is -3.33. The third-order valence-corrected chi connectivity index (χ3v) is 6.79. The fourth-order valence-electron chi connectivity index (χ4n) is 4.48. The highest BCUT2D eigenvalue weighted by Crippen LogP contribution is 2.24. The molecule has 9 heteroatoms. The molecule has 0 unspecified atom stereocenters. The molecule has 2 aliphatic heterocycles. The van der Waals surface area contributed by atoms with Gasteiger partial charge in [0.1, 0.15) is 11.4 Å². The zero-order chi connectivity index (χ0) is 23.1. The van der Waals surface area contributed by atoms with Crippen LogP contribution in [0.15, 0.2) is 57.8 Å². The zero-order valence-corrected chi connectivity index (χ0v) is 19.7. The van der Waals surface area contributed by atoms with Crippen molar-refractivity contribution in [3.63, 3.8) is 0 Å². The number of rotatable bonds is 4. The lowest BCUT2D eigenvalue weighted by Crippen LogP contribution is -2.42. The standard InChI is InChI=1S/C24H23BrN4O4/c1-33-19-8-2-16(3-9-19)14-26-11-13-29-21(23(26)31)20-15-27(10-12-28(20)24(29)32)22(30)17-4-6-18(25)7-5-17/h2-9H,10-15H2,1H3. The minimum atomic E-state index is -0.180. The summed E-state index contributed by atoms with van der Waals surface area (Å²) >= 11 is 3.38. The second kappa shape index (κ2) is 8.55. The average Bonchev–Trinajstić information content (AvgIpc) is 3.13. The number of amides is 2. The molecule has 2 amide bonds. The molecular formula is C24H23BrN4O4. The van der Waals surface area contributed by atoms with Crippen molar-refractivity contribution >= 4 is 27.7 Å². The molecule has 0 saturated carbocycles. The molecule has 0 atom stereocenters. The van der Waals surface area contributed by atoms with Crippen LogP contribution >= 0.6 is 15.9 Å². The summed E-state index contributed by atoms with van der Waals surface area (Å²) in [6.07, 6.45) is 0. The summed E-state index contributed by atoms with van der Waals surface area (Å²) < 4.78 is 9.32. The number of nitrogens with zero attached hydrogens (tertiary/aromatic N) is 4. The number of imidazole rings is 1. The van der Waals surface area contributed by atoms with Crippen LogP contribution < -0.4 is 10.4 Å². The lowest BCUT2D eigenvalue weighted by molar-refractivity contribution is 0.0667. The summed E-state index contributed by atoms with van der Waals surface area (Å²) in [6, 6.07) is 14.8. The molecule has 2 aromatic carbocycles. The summed E-state index contributed by atoms with van der Waals surface area (Å²) in [6.45, 7) is 2.38. The maximum absolute atomic E-state index is 13.4. The zero-order valence-electron chi connectivity index (χ0n) is 18.2. The van der Waals surface area contributed by atoms with E-state index in [-0.39, 0.29) is 24.0 Å². The highest BCUT2D eigenvalue weighted by atomic mass is 79.9. The number of fused-ring (bicyclic) bond motifs is 3. The van der Waals surface area contributed by atoms with Gasteiger partial charge in [0.2, 0.25) is 0 Å². The van der Waals surface area contributed by atoms with Crippen molar-refractivity contribution in [1.29, 1.82) is 0 Å². The molecule has 3 heterocycles. The van der Waals surface area contributed by atoms with Crippen LogP contribution in [0.1, 0.15) is 32.1 Å². The van der Waals surface area contributed by atoms with Crippen LogP contribution in [0, 0.1) is 0 Å². The Morgan fingerprint density at radius 2 is 1.64 bits per heavy atom. The van der Waals surface area contributed by atoms with Crippen LogP contribution in [0.3, 0.4) is 0 Å². The molecule has 0 saturated heterocycles. The van der Waals surface area contributed by atoms with E-state index >= 15 is 0 Å². The van der Waals surface area contributed by atoms with Crippen molar-refractivity contribution in [2.45, 2.75) is 26.2 Å². The first-order chi connectivity index (χ1) is 16.0. The Morgan fingerprint density at radius 1 is 0.939 bits per heavy atom. The topological polar surface area (TPSA) is 76.8 Å². The van der Waals surface area contributed by atoms with Gasteiger partial charge in [-0.1, -0.05) is 28.1 Å². The largest absolute Gasteiger partial charge is 0.497 e. The molecular weight excluding hydrogens is 488 g/mol. The van der Waals surface area contributed by atoms with Crippen molar-refractivity contribution in [2.24, 2.45) is 0 Å². The number of aromatic nitrogens is 2. The Morgan fingerprint density at radius 3 is 2.33 bits per heavy atom. The van der Waals surface area contributed by atoms with E-state index in [1.54, 1.807) is 38.2 Å². The maximum atomic E-state index is 13.4. The van der Waals surface area contributed by atoms with Crippen molar-refractivity contribution in [3.8, 4) is 5.75 Å². The second-order valence-electron chi connectivity index (χ2n) is 8.19. The summed E-state index contributed by atoms with van der Waals surface area (Å²) in [5, 5.41) is 0. The minimum absolute atomic E-state index is 0.112. The first-order valence-corrected chi connectivity index (χ1v) is 11.5. The molecule has 8 nitrogen and oxygen atoms in total. The van der Waals surface area contributed by atoms with Gasteiger partial charge >= 0.3 is 5.69 Å². The van der Waals surface area contributed by atoms with Gasteiger partial charge in [-0.25, -0.2) is 4.79 Å². The maximum Gasteiger partial charge on any atom is 0.329 e. The summed E-state index contributed by atoms with van der Waals surface area (Å²) in [5.41, 5.74) is 2.40. The fraction of sp³-hybridized carbons (Fsp3) is 0.292. The number of carbonyl (C=O) groups is 2. The molecule has 0 spiro atoms. The smallest absolute Gasteiger partial charge is 0.329 e. The van der Waals surface area contributed by atoms with Gasteiger partial charge in [-0.2, -0.15) is 0 Å². The van der Waals surface area contributed by atoms with Gasteiger partial charge in [-0.3, -0.25) is 18.7 Å². The molecule has 0 fully saturated rings. The van der Waals surface area contributed by atoms with Gasteiger partial charge in [0.05, 0.1) is 19.3 Å². The monoisotopic (exact) mass is 510 g/mol. The molecule has 5 rings (SSSR count). The Bertz CT molecular complexity index is 1280. The van der Waals surface area contributed by atoms with E-state index in [1.165, 1.54) is 0 Å². The first kappa shape index (κ1) is 21.5. The molecule has 0 bridgehead atoms. The van der Waals surface area contributed by atoms with Crippen LogP contribution in [0.5, 0.6) is 5.75 Å². The van der Waals surface area contributed by atoms with E-state index in [4.69, 9.17) is 4.74 Å². The number of ether oxygens (including phenoxy) is 1. The number of carbonyl (C=O) groups excluding carboxylic acids is 2. The summed E-state index contributed by atoms with van der Waals surface area (Å²) in [5.74, 6) is 0.468. The number of hydrogen-bond acceptors (Lipinski definition) is 4. The van der Waals surface area contributed by atoms with Gasteiger partial charge < -0.3 is 14.5 Å². The molecule has 170 valence electrons. The molecule has 0 aliphatic carbocycles. The van der Waals surface area contributed by atoms with E-state index < -0.39 is 0 Å². The molecule has 1 aromatic heterocycles. The quantitative estimate of drug-likeness (QED) is 0.540. The Balaban J connectivity index is 1.41. The fourth-order valence-corrected chi connectivity index (χ4v) is 4.75. The van der Waals surface area contributed by atoms with Gasteiger partial charge in [-0.05, 0) is 42.0 Å². The average molecular weight is 511 g/mol. The third-order valence-electron chi connectivity index (χ3n) is 6.26. The predicted molar refractivity (Wildman–Crippen MR) is 125 cm³/mol. The van der Waals surface area contributed by atoms with E-state index in [1.807, 2.05) is 36.4 Å². The SMILES string of the molecule is COc1ccc(CN2CCn3c(c4n(c3=O)CCN(C(=O)c3ccc(Br)cc3)C4)C2=O)cc1. The van der Waals surface area contributed by atoms with Gasteiger partial charge in [-0.15, -0.1) is 0 Å². The Kier molecular flexibility index (Phi) is 5.57. The minimum Gasteiger partial charge on any atom is -0.497 e. The predicted octanol–water partition coefficient (Wildman–Crippen LogP) is 2.73. The second-order valence-corrected chi connectivity index (χ2v) is 9.11. The normalized spacial score (nSPS) is 15.3. The van der Waals surface area contributed by atoms with Crippen molar-refractivity contribution in [2.75, 3.05) is 20.2 Å². The summed E-state index contributed by atoms with van der Waals surface area (Å²) in [4.78, 5) is 42.9. The van der Waals surface area contributed by atoms with Crippen LogP contribution in [0.2, 0.25) is 0 Å². The van der Waals surface area contributed by atoms with Gasteiger partial charge in [0, 0.05) is 42.8 Å². The van der Waals surface area contributed by atoms with Crippen LogP contribution in [0.4, 0.5) is 0 Å². The van der Waals surface area contributed by atoms with Crippen LogP contribution in [0.25, 0.3) is 0 Å². The third kappa shape index (κ3) is 3.86. The van der Waals surface area contributed by atoms with Crippen molar-refractivity contribution in [3.05, 3.63) is 86.0 Å². The number of methoxy groups -OCH3 is 1. The highest BCUT2D eigenvalue weighted by molar-refractivity contribution is 9.10. The Labute approximate surface area is 199 Å². The van der Waals surface area contributed by atoms with E-state index in [9.17, 15) is 14.4 Å². The van der Waals surface area contributed by atoms with E-state index in [2.05, 4.69) is 15.9 Å². The molecule has 3 aromatic rings. The van der Waals surface area contributed by atoms with Gasteiger partial charge in [0.25, 0.3) is 11.8 Å².